The van der Waals surface area contributed by atoms with E-state index in [2.05, 4.69) is 17.4 Å². The van der Waals surface area contributed by atoms with E-state index in [1.165, 1.54) is 0 Å². The summed E-state index contributed by atoms with van der Waals surface area (Å²) in [6.07, 6.45) is 0.456. The first-order chi connectivity index (χ1) is 12.2. The third-order valence-corrected chi connectivity index (χ3v) is 4.19. The van der Waals surface area contributed by atoms with Gasteiger partial charge in [0.1, 0.15) is 6.04 Å². The van der Waals surface area contributed by atoms with Crippen molar-refractivity contribution in [1.82, 2.24) is 5.32 Å². The van der Waals surface area contributed by atoms with Gasteiger partial charge in [-0.15, -0.1) is 12.4 Å². The fourth-order valence-electron chi connectivity index (χ4n) is 2.78. The maximum absolute atomic E-state index is 11.6. The lowest BCUT2D eigenvalue weighted by atomic mass is 10.0. The van der Waals surface area contributed by atoms with E-state index in [-0.39, 0.29) is 12.4 Å². The average molecular weight is 368 g/mol. The summed E-state index contributed by atoms with van der Waals surface area (Å²) >= 11 is 0. The van der Waals surface area contributed by atoms with E-state index in [9.17, 15) is 9.90 Å². The fraction of sp³-hybridized carbons (Fsp3) is 0.136. The lowest BCUT2D eigenvalue weighted by Crippen LogP contribution is -2.38. The quantitative estimate of drug-likeness (QED) is 0.643. The number of hydrogen-bond acceptors (Lipinski definition) is 2. The Hall–Kier alpha value is -2.62. The standard InChI is InChI=1S/C22H21NO2.ClH/c24-22(25)21(23-16-18-7-3-1-4-8-18)15-17-11-13-20(14-12-17)19-9-5-2-6-10-19;/h1-14,21,23H,15-16H2,(H,24,25);1H/t21-;/m0./s1. The predicted octanol–water partition coefficient (Wildman–Crippen LogP) is 4.56. The molecule has 3 rings (SSSR count). The van der Waals surface area contributed by atoms with Crippen molar-refractivity contribution >= 4 is 18.4 Å². The zero-order valence-electron chi connectivity index (χ0n) is 14.3. The molecule has 0 saturated heterocycles. The Labute approximate surface area is 160 Å². The molecule has 3 aromatic carbocycles. The van der Waals surface area contributed by atoms with Crippen LogP contribution in [-0.2, 0) is 17.8 Å². The van der Waals surface area contributed by atoms with E-state index in [0.29, 0.717) is 13.0 Å². The molecule has 3 nitrogen and oxygen atoms in total. The number of hydrogen-bond donors (Lipinski definition) is 2. The van der Waals surface area contributed by atoms with Crippen LogP contribution in [0.25, 0.3) is 11.1 Å². The van der Waals surface area contributed by atoms with Gasteiger partial charge in [0, 0.05) is 6.54 Å². The van der Waals surface area contributed by atoms with E-state index >= 15 is 0 Å². The summed E-state index contributed by atoms with van der Waals surface area (Å²) in [6.45, 7) is 0.542. The third-order valence-electron chi connectivity index (χ3n) is 4.19. The topological polar surface area (TPSA) is 49.3 Å². The number of aliphatic carboxylic acids is 1. The molecule has 0 heterocycles. The highest BCUT2D eigenvalue weighted by Crippen LogP contribution is 2.19. The van der Waals surface area contributed by atoms with Crippen LogP contribution >= 0.6 is 12.4 Å². The summed E-state index contributed by atoms with van der Waals surface area (Å²) in [6, 6.07) is 27.5. The number of nitrogens with one attached hydrogen (secondary N) is 1. The minimum atomic E-state index is -0.830. The van der Waals surface area contributed by atoms with Gasteiger partial charge in [0.25, 0.3) is 0 Å². The summed E-state index contributed by atoms with van der Waals surface area (Å²) < 4.78 is 0. The van der Waals surface area contributed by atoms with Crippen molar-refractivity contribution in [3.05, 3.63) is 96.1 Å². The number of benzene rings is 3. The van der Waals surface area contributed by atoms with Crippen LogP contribution in [0.1, 0.15) is 11.1 Å². The molecular weight excluding hydrogens is 346 g/mol. The molecule has 0 aromatic heterocycles. The minimum absolute atomic E-state index is 0. The van der Waals surface area contributed by atoms with Gasteiger partial charge in [0.15, 0.2) is 0 Å². The summed E-state index contributed by atoms with van der Waals surface area (Å²) in [4.78, 5) is 11.6. The molecule has 0 radical (unpaired) electrons. The van der Waals surface area contributed by atoms with Crippen molar-refractivity contribution in [3.63, 3.8) is 0 Å². The second-order valence-electron chi connectivity index (χ2n) is 6.02. The number of halogens is 1. The first-order valence-corrected chi connectivity index (χ1v) is 8.37. The van der Waals surface area contributed by atoms with Crippen LogP contribution in [0.3, 0.4) is 0 Å². The van der Waals surface area contributed by atoms with Gasteiger partial charge in [-0.1, -0.05) is 84.9 Å². The minimum Gasteiger partial charge on any atom is -0.480 e. The van der Waals surface area contributed by atoms with Gasteiger partial charge in [-0.3, -0.25) is 4.79 Å². The smallest absolute Gasteiger partial charge is 0.321 e. The van der Waals surface area contributed by atoms with Gasteiger partial charge in [0.2, 0.25) is 0 Å². The largest absolute Gasteiger partial charge is 0.480 e. The first kappa shape index (κ1) is 19.7. The lowest BCUT2D eigenvalue weighted by Gasteiger charge is -2.15. The summed E-state index contributed by atoms with van der Waals surface area (Å²) in [7, 11) is 0. The Morgan fingerprint density at radius 3 is 1.88 bits per heavy atom. The van der Waals surface area contributed by atoms with Crippen LogP contribution in [0.4, 0.5) is 0 Å². The summed E-state index contributed by atoms with van der Waals surface area (Å²) in [5, 5.41) is 12.6. The number of carbonyl (C=O) groups is 1. The molecule has 3 aromatic rings. The SMILES string of the molecule is Cl.O=C(O)[C@H](Cc1ccc(-c2ccccc2)cc1)NCc1ccccc1. The molecule has 0 amide bonds. The molecule has 0 bridgehead atoms. The average Bonchev–Trinajstić information content (AvgIpc) is 2.67. The van der Waals surface area contributed by atoms with Crippen molar-refractivity contribution in [1.29, 1.82) is 0 Å². The second-order valence-corrected chi connectivity index (χ2v) is 6.02. The van der Waals surface area contributed by atoms with Gasteiger partial charge in [-0.2, -0.15) is 0 Å². The summed E-state index contributed by atoms with van der Waals surface area (Å²) in [5.41, 5.74) is 4.38. The molecule has 4 heteroatoms. The molecule has 0 fully saturated rings. The van der Waals surface area contributed by atoms with E-state index in [0.717, 1.165) is 22.3 Å². The van der Waals surface area contributed by atoms with Gasteiger partial charge in [0.05, 0.1) is 0 Å². The molecule has 0 spiro atoms. The highest BCUT2D eigenvalue weighted by molar-refractivity contribution is 5.85. The van der Waals surface area contributed by atoms with Crippen molar-refractivity contribution in [3.8, 4) is 11.1 Å². The van der Waals surface area contributed by atoms with Crippen LogP contribution < -0.4 is 5.32 Å². The second kappa shape index (κ2) is 9.76. The molecule has 0 saturated carbocycles. The molecular formula is C22H22ClNO2. The van der Waals surface area contributed by atoms with Crippen molar-refractivity contribution in [2.75, 3.05) is 0 Å². The normalized spacial score (nSPS) is 11.4. The van der Waals surface area contributed by atoms with Crippen LogP contribution in [0, 0.1) is 0 Å². The van der Waals surface area contributed by atoms with Crippen molar-refractivity contribution in [2.24, 2.45) is 0 Å². The molecule has 2 N–H and O–H groups in total. The van der Waals surface area contributed by atoms with E-state index in [4.69, 9.17) is 0 Å². The Bertz CT molecular complexity index is 805. The van der Waals surface area contributed by atoms with Crippen LogP contribution in [-0.4, -0.2) is 17.1 Å². The first-order valence-electron chi connectivity index (χ1n) is 8.37. The Kier molecular flexibility index (Phi) is 7.39. The number of carboxylic acid groups (broad SMARTS) is 1. The van der Waals surface area contributed by atoms with Gasteiger partial charge in [-0.05, 0) is 28.7 Å². The Morgan fingerprint density at radius 1 is 0.769 bits per heavy atom. The van der Waals surface area contributed by atoms with Gasteiger partial charge >= 0.3 is 5.97 Å². The fourth-order valence-corrected chi connectivity index (χ4v) is 2.78. The Balaban J connectivity index is 0.00000243. The molecule has 0 unspecified atom stereocenters. The number of carboxylic acids is 1. The van der Waals surface area contributed by atoms with Crippen LogP contribution in [0.5, 0.6) is 0 Å². The van der Waals surface area contributed by atoms with Gasteiger partial charge < -0.3 is 10.4 Å². The van der Waals surface area contributed by atoms with E-state index in [1.807, 2.05) is 72.8 Å². The maximum atomic E-state index is 11.6. The molecule has 0 aliphatic carbocycles. The molecule has 134 valence electrons. The zero-order chi connectivity index (χ0) is 17.5. The molecule has 26 heavy (non-hydrogen) atoms. The molecule has 0 aliphatic rings. The monoisotopic (exact) mass is 367 g/mol. The summed E-state index contributed by atoms with van der Waals surface area (Å²) in [5.74, 6) is -0.830. The van der Waals surface area contributed by atoms with Crippen molar-refractivity contribution in [2.45, 2.75) is 19.0 Å². The highest BCUT2D eigenvalue weighted by Gasteiger charge is 2.17. The highest BCUT2D eigenvalue weighted by atomic mass is 35.5. The molecule has 1 atom stereocenters. The van der Waals surface area contributed by atoms with Gasteiger partial charge in [-0.25, -0.2) is 0 Å². The van der Waals surface area contributed by atoms with Crippen LogP contribution in [0.2, 0.25) is 0 Å². The lowest BCUT2D eigenvalue weighted by molar-refractivity contribution is -0.139. The van der Waals surface area contributed by atoms with E-state index < -0.39 is 12.0 Å². The van der Waals surface area contributed by atoms with E-state index in [1.54, 1.807) is 0 Å². The molecule has 0 aliphatic heterocycles. The number of rotatable bonds is 7. The third kappa shape index (κ3) is 5.45. The maximum Gasteiger partial charge on any atom is 0.321 e. The van der Waals surface area contributed by atoms with Crippen LogP contribution in [0.15, 0.2) is 84.9 Å². The van der Waals surface area contributed by atoms with Crippen molar-refractivity contribution < 1.29 is 9.90 Å². The Morgan fingerprint density at radius 2 is 1.31 bits per heavy atom. The zero-order valence-corrected chi connectivity index (χ0v) is 15.2. The predicted molar refractivity (Wildman–Crippen MR) is 108 cm³/mol.